The van der Waals surface area contributed by atoms with E-state index in [2.05, 4.69) is 39.8 Å². The van der Waals surface area contributed by atoms with Gasteiger partial charge in [-0.1, -0.05) is 18.2 Å². The third-order valence-electron chi connectivity index (χ3n) is 4.66. The molecule has 2 aromatic rings. The molecular weight excluding hydrogens is 278 g/mol. The molecule has 0 atom stereocenters. The zero-order chi connectivity index (χ0) is 14.9. The zero-order valence-corrected chi connectivity index (χ0v) is 12.7. The van der Waals surface area contributed by atoms with Crippen molar-refractivity contribution < 1.29 is 9.53 Å². The van der Waals surface area contributed by atoms with Gasteiger partial charge in [0, 0.05) is 37.4 Å². The number of para-hydroxylation sites is 1. The van der Waals surface area contributed by atoms with E-state index in [1.165, 1.54) is 16.6 Å². The van der Waals surface area contributed by atoms with E-state index < -0.39 is 0 Å². The molecule has 5 heteroatoms. The average molecular weight is 299 g/mol. The van der Waals surface area contributed by atoms with E-state index in [-0.39, 0.29) is 5.91 Å². The van der Waals surface area contributed by atoms with Crippen LogP contribution in [0, 0.1) is 0 Å². The maximum atomic E-state index is 12.5. The fourth-order valence-corrected chi connectivity index (χ4v) is 3.42. The molecule has 0 aliphatic carbocycles. The van der Waals surface area contributed by atoms with E-state index in [0.29, 0.717) is 6.54 Å². The maximum Gasteiger partial charge on any atom is 0.237 e. The van der Waals surface area contributed by atoms with Crippen molar-refractivity contribution in [3.8, 4) is 0 Å². The Balaban J connectivity index is 1.48. The molecule has 0 radical (unpaired) electrons. The minimum atomic E-state index is 0.235. The molecule has 3 heterocycles. The van der Waals surface area contributed by atoms with Crippen molar-refractivity contribution in [1.82, 2.24) is 14.4 Å². The Hall–Kier alpha value is -1.85. The van der Waals surface area contributed by atoms with Gasteiger partial charge in [-0.15, -0.1) is 0 Å². The lowest BCUT2D eigenvalue weighted by Crippen LogP contribution is -2.46. The number of nitrogens with zero attached hydrogens (tertiary/aromatic N) is 3. The molecule has 4 rings (SSSR count). The number of rotatable bonds is 2. The molecular formula is C17H21N3O2. The summed E-state index contributed by atoms with van der Waals surface area (Å²) >= 11 is 0. The topological polar surface area (TPSA) is 37.7 Å². The van der Waals surface area contributed by atoms with E-state index in [0.717, 1.165) is 45.9 Å². The molecule has 2 aliphatic heterocycles. The van der Waals surface area contributed by atoms with Crippen molar-refractivity contribution in [1.29, 1.82) is 0 Å². The number of aromatic nitrogens is 1. The lowest BCUT2D eigenvalue weighted by Gasteiger charge is -2.32. The maximum absolute atomic E-state index is 12.5. The highest BCUT2D eigenvalue weighted by molar-refractivity contribution is 5.82. The van der Waals surface area contributed by atoms with Crippen molar-refractivity contribution >= 4 is 16.8 Å². The Morgan fingerprint density at radius 1 is 1.09 bits per heavy atom. The highest BCUT2D eigenvalue weighted by Gasteiger charge is 2.24. The summed E-state index contributed by atoms with van der Waals surface area (Å²) in [4.78, 5) is 16.7. The molecule has 116 valence electrons. The number of amides is 1. The first kappa shape index (κ1) is 13.8. The summed E-state index contributed by atoms with van der Waals surface area (Å²) in [6.45, 7) is 6.12. The second-order valence-corrected chi connectivity index (χ2v) is 6.05. The van der Waals surface area contributed by atoms with E-state index in [4.69, 9.17) is 4.74 Å². The van der Waals surface area contributed by atoms with Gasteiger partial charge < -0.3 is 14.2 Å². The normalized spacial score (nSPS) is 19.4. The van der Waals surface area contributed by atoms with E-state index in [9.17, 15) is 4.79 Å². The van der Waals surface area contributed by atoms with Crippen molar-refractivity contribution in [2.75, 3.05) is 39.4 Å². The monoisotopic (exact) mass is 299 g/mol. The van der Waals surface area contributed by atoms with Crippen LogP contribution in [0.5, 0.6) is 0 Å². The van der Waals surface area contributed by atoms with Crippen LogP contribution >= 0.6 is 0 Å². The first-order chi connectivity index (χ1) is 10.8. The van der Waals surface area contributed by atoms with Gasteiger partial charge in [0.05, 0.1) is 26.3 Å². The predicted octanol–water partition coefficient (Wildman–Crippen LogP) is 1.32. The third-order valence-corrected chi connectivity index (χ3v) is 4.66. The molecule has 5 nitrogen and oxygen atoms in total. The van der Waals surface area contributed by atoms with Crippen LogP contribution in [-0.4, -0.2) is 59.7 Å². The molecule has 1 aromatic heterocycles. The van der Waals surface area contributed by atoms with Crippen LogP contribution in [0.3, 0.4) is 0 Å². The number of morpholine rings is 1. The molecule has 1 aromatic carbocycles. The van der Waals surface area contributed by atoms with Crippen LogP contribution in [0.2, 0.25) is 0 Å². The molecule has 22 heavy (non-hydrogen) atoms. The second-order valence-electron chi connectivity index (χ2n) is 6.05. The van der Waals surface area contributed by atoms with Gasteiger partial charge in [-0.25, -0.2) is 0 Å². The minimum absolute atomic E-state index is 0.235. The summed E-state index contributed by atoms with van der Waals surface area (Å²) in [7, 11) is 0. The fourth-order valence-electron chi connectivity index (χ4n) is 3.42. The smallest absolute Gasteiger partial charge is 0.237 e. The number of ether oxygens (including phenoxy) is 1. The Morgan fingerprint density at radius 3 is 2.77 bits per heavy atom. The standard InChI is InChI=1S/C17H21N3O2/c21-17(13-18-7-9-22-10-8-18)19-5-6-20-15(12-19)11-14-3-1-2-4-16(14)20/h1-4,11H,5-10,12-13H2. The zero-order valence-electron chi connectivity index (χ0n) is 12.7. The SMILES string of the molecule is O=C(CN1CCOCC1)N1CCn2c(cc3ccccc32)C1. The van der Waals surface area contributed by atoms with Gasteiger partial charge in [0.2, 0.25) is 5.91 Å². The van der Waals surface area contributed by atoms with E-state index in [1.54, 1.807) is 0 Å². The van der Waals surface area contributed by atoms with Crippen LogP contribution in [0.25, 0.3) is 10.9 Å². The number of carbonyl (C=O) groups excluding carboxylic acids is 1. The van der Waals surface area contributed by atoms with Crippen LogP contribution in [0.4, 0.5) is 0 Å². The third kappa shape index (κ3) is 2.51. The first-order valence-electron chi connectivity index (χ1n) is 7.96. The highest BCUT2D eigenvalue weighted by Crippen LogP contribution is 2.24. The lowest BCUT2D eigenvalue weighted by molar-refractivity contribution is -0.134. The summed E-state index contributed by atoms with van der Waals surface area (Å²) in [5.74, 6) is 0.235. The lowest BCUT2D eigenvalue weighted by atomic mass is 10.2. The molecule has 0 saturated carbocycles. The fraction of sp³-hybridized carbons (Fsp3) is 0.471. The van der Waals surface area contributed by atoms with E-state index >= 15 is 0 Å². The number of hydrogen-bond acceptors (Lipinski definition) is 3. The van der Waals surface area contributed by atoms with Crippen molar-refractivity contribution in [3.63, 3.8) is 0 Å². The molecule has 1 fully saturated rings. The Bertz CT molecular complexity index is 688. The number of carbonyl (C=O) groups is 1. The van der Waals surface area contributed by atoms with Gasteiger partial charge in [0.15, 0.2) is 0 Å². The summed E-state index contributed by atoms with van der Waals surface area (Å²) in [6, 6.07) is 10.6. The van der Waals surface area contributed by atoms with Crippen molar-refractivity contribution in [2.24, 2.45) is 0 Å². The van der Waals surface area contributed by atoms with Crippen LogP contribution in [0.15, 0.2) is 30.3 Å². The number of fused-ring (bicyclic) bond motifs is 3. The van der Waals surface area contributed by atoms with Gasteiger partial charge in [-0.3, -0.25) is 9.69 Å². The predicted molar refractivity (Wildman–Crippen MR) is 84.6 cm³/mol. The largest absolute Gasteiger partial charge is 0.379 e. The number of hydrogen-bond donors (Lipinski definition) is 0. The van der Waals surface area contributed by atoms with Crippen LogP contribution < -0.4 is 0 Å². The Labute approximate surface area is 130 Å². The van der Waals surface area contributed by atoms with Gasteiger partial charge in [-0.2, -0.15) is 0 Å². The summed E-state index contributed by atoms with van der Waals surface area (Å²) in [6.07, 6.45) is 0. The molecule has 0 bridgehead atoms. The second kappa shape index (κ2) is 5.74. The Kier molecular flexibility index (Phi) is 3.60. The average Bonchev–Trinajstić information content (AvgIpc) is 2.93. The summed E-state index contributed by atoms with van der Waals surface area (Å²) in [5.41, 5.74) is 2.51. The minimum Gasteiger partial charge on any atom is -0.379 e. The Morgan fingerprint density at radius 2 is 1.91 bits per heavy atom. The van der Waals surface area contributed by atoms with Crippen LogP contribution in [0.1, 0.15) is 5.69 Å². The van der Waals surface area contributed by atoms with Gasteiger partial charge in [-0.05, 0) is 17.5 Å². The van der Waals surface area contributed by atoms with Gasteiger partial charge in [0.1, 0.15) is 0 Å². The first-order valence-corrected chi connectivity index (χ1v) is 7.96. The van der Waals surface area contributed by atoms with Gasteiger partial charge >= 0.3 is 0 Å². The molecule has 0 unspecified atom stereocenters. The highest BCUT2D eigenvalue weighted by atomic mass is 16.5. The summed E-state index contributed by atoms with van der Waals surface area (Å²) in [5, 5.41) is 1.26. The van der Waals surface area contributed by atoms with Crippen LogP contribution in [-0.2, 0) is 22.6 Å². The number of benzene rings is 1. The molecule has 0 N–H and O–H groups in total. The van der Waals surface area contributed by atoms with Crippen molar-refractivity contribution in [3.05, 3.63) is 36.0 Å². The quantitative estimate of drug-likeness (QED) is 0.839. The molecule has 2 aliphatic rings. The van der Waals surface area contributed by atoms with Crippen molar-refractivity contribution in [2.45, 2.75) is 13.1 Å². The van der Waals surface area contributed by atoms with E-state index in [1.807, 2.05) is 4.90 Å². The molecule has 0 spiro atoms. The summed E-state index contributed by atoms with van der Waals surface area (Å²) < 4.78 is 7.68. The van der Waals surface area contributed by atoms with Gasteiger partial charge in [0.25, 0.3) is 0 Å². The molecule has 1 amide bonds. The molecule has 1 saturated heterocycles.